The summed E-state index contributed by atoms with van der Waals surface area (Å²) in [5.74, 6) is 6.87. The van der Waals surface area contributed by atoms with Crippen LogP contribution < -0.4 is 5.73 Å². The zero-order chi connectivity index (χ0) is 18.8. The SMILES string of the molecule is C=C(N)c1nc(C#Cc2cccc(Cl)c2C)n(C)c1-c1ccc(C)nc1. The van der Waals surface area contributed by atoms with E-state index in [0.717, 1.165) is 28.1 Å². The number of hydrogen-bond donors (Lipinski definition) is 1. The number of pyridine rings is 1. The number of nitrogens with zero attached hydrogens (tertiary/aromatic N) is 3. The molecule has 130 valence electrons. The molecule has 1 aromatic carbocycles. The molecule has 0 atom stereocenters. The minimum Gasteiger partial charge on any atom is -0.397 e. The number of rotatable bonds is 2. The monoisotopic (exact) mass is 362 g/mol. The lowest BCUT2D eigenvalue weighted by atomic mass is 10.1. The zero-order valence-electron chi connectivity index (χ0n) is 15.0. The van der Waals surface area contributed by atoms with E-state index < -0.39 is 0 Å². The maximum absolute atomic E-state index is 6.17. The van der Waals surface area contributed by atoms with Gasteiger partial charge in [0.1, 0.15) is 5.69 Å². The second-order valence-electron chi connectivity index (χ2n) is 6.07. The smallest absolute Gasteiger partial charge is 0.186 e. The van der Waals surface area contributed by atoms with Crippen LogP contribution in [0.15, 0.2) is 43.1 Å². The Labute approximate surface area is 158 Å². The number of aryl methyl sites for hydroxylation is 1. The standard InChI is InChI=1S/C21H19ClN4/c1-13-8-9-17(12-24-13)21-20(15(3)23)25-19(26(21)4)11-10-16-6-5-7-18(22)14(16)2/h5-9,12H,3,23H2,1-2,4H3. The van der Waals surface area contributed by atoms with Crippen molar-refractivity contribution in [2.24, 2.45) is 12.8 Å². The van der Waals surface area contributed by atoms with Gasteiger partial charge in [0.05, 0.1) is 11.4 Å². The maximum atomic E-state index is 6.17. The Bertz CT molecular complexity index is 1050. The van der Waals surface area contributed by atoms with Crippen molar-refractivity contribution >= 4 is 17.3 Å². The summed E-state index contributed by atoms with van der Waals surface area (Å²) in [4.78, 5) is 8.94. The lowest BCUT2D eigenvalue weighted by Gasteiger charge is -2.06. The van der Waals surface area contributed by atoms with E-state index in [2.05, 4.69) is 28.4 Å². The highest BCUT2D eigenvalue weighted by molar-refractivity contribution is 6.31. The predicted molar refractivity (Wildman–Crippen MR) is 107 cm³/mol. The van der Waals surface area contributed by atoms with Gasteiger partial charge in [0.15, 0.2) is 5.82 Å². The van der Waals surface area contributed by atoms with E-state index in [0.29, 0.717) is 22.2 Å². The van der Waals surface area contributed by atoms with Gasteiger partial charge < -0.3 is 10.3 Å². The van der Waals surface area contributed by atoms with Crippen LogP contribution in [0.2, 0.25) is 5.02 Å². The van der Waals surface area contributed by atoms with Crippen molar-refractivity contribution in [3.8, 4) is 23.1 Å². The summed E-state index contributed by atoms with van der Waals surface area (Å²) in [6, 6.07) is 9.61. The third-order valence-corrected chi connectivity index (χ3v) is 4.57. The molecule has 0 amide bonds. The van der Waals surface area contributed by atoms with Crippen molar-refractivity contribution in [1.82, 2.24) is 14.5 Å². The van der Waals surface area contributed by atoms with Crippen LogP contribution in [-0.2, 0) is 7.05 Å². The third kappa shape index (κ3) is 3.35. The van der Waals surface area contributed by atoms with Gasteiger partial charge in [0, 0.05) is 35.1 Å². The lowest BCUT2D eigenvalue weighted by molar-refractivity contribution is 0.900. The van der Waals surface area contributed by atoms with Crippen LogP contribution in [-0.4, -0.2) is 14.5 Å². The van der Waals surface area contributed by atoms with Crippen LogP contribution in [0.3, 0.4) is 0 Å². The summed E-state index contributed by atoms with van der Waals surface area (Å²) in [6.45, 7) is 7.73. The van der Waals surface area contributed by atoms with Gasteiger partial charge in [-0.25, -0.2) is 4.98 Å². The first-order chi connectivity index (χ1) is 12.4. The second-order valence-corrected chi connectivity index (χ2v) is 6.47. The molecule has 2 aromatic heterocycles. The summed E-state index contributed by atoms with van der Waals surface area (Å²) < 4.78 is 1.91. The predicted octanol–water partition coefficient (Wildman–Crippen LogP) is 4.08. The number of nitrogens with two attached hydrogens (primary N) is 1. The topological polar surface area (TPSA) is 56.7 Å². The molecular formula is C21H19ClN4. The molecule has 3 rings (SSSR count). The Balaban J connectivity index is 2.12. The van der Waals surface area contributed by atoms with Gasteiger partial charge in [-0.05, 0) is 49.6 Å². The normalized spacial score (nSPS) is 10.3. The summed E-state index contributed by atoms with van der Waals surface area (Å²) in [6.07, 6.45) is 1.80. The van der Waals surface area contributed by atoms with E-state index in [4.69, 9.17) is 17.3 Å². The van der Waals surface area contributed by atoms with Crippen LogP contribution >= 0.6 is 11.6 Å². The molecule has 0 radical (unpaired) electrons. The molecule has 2 N–H and O–H groups in total. The molecule has 0 unspecified atom stereocenters. The first-order valence-corrected chi connectivity index (χ1v) is 8.48. The molecule has 4 nitrogen and oxygen atoms in total. The Morgan fingerprint density at radius 1 is 1.19 bits per heavy atom. The first-order valence-electron chi connectivity index (χ1n) is 8.10. The maximum Gasteiger partial charge on any atom is 0.186 e. The average Bonchev–Trinajstić information content (AvgIpc) is 2.94. The van der Waals surface area contributed by atoms with E-state index in [1.165, 1.54) is 0 Å². The Morgan fingerprint density at radius 2 is 1.96 bits per heavy atom. The van der Waals surface area contributed by atoms with Gasteiger partial charge in [-0.3, -0.25) is 4.98 Å². The molecular weight excluding hydrogens is 344 g/mol. The Kier molecular flexibility index (Phi) is 4.83. The fourth-order valence-corrected chi connectivity index (χ4v) is 2.81. The second kappa shape index (κ2) is 7.07. The minimum atomic E-state index is 0.392. The summed E-state index contributed by atoms with van der Waals surface area (Å²) in [7, 11) is 1.91. The van der Waals surface area contributed by atoms with Crippen molar-refractivity contribution in [1.29, 1.82) is 0 Å². The highest BCUT2D eigenvalue weighted by atomic mass is 35.5. The third-order valence-electron chi connectivity index (χ3n) is 4.16. The minimum absolute atomic E-state index is 0.392. The van der Waals surface area contributed by atoms with Gasteiger partial charge in [-0.1, -0.05) is 30.2 Å². The largest absolute Gasteiger partial charge is 0.397 e. The molecule has 5 heteroatoms. The van der Waals surface area contributed by atoms with Crippen LogP contribution in [0.5, 0.6) is 0 Å². The molecule has 0 aliphatic carbocycles. The van der Waals surface area contributed by atoms with Gasteiger partial charge >= 0.3 is 0 Å². The molecule has 0 aliphatic heterocycles. The van der Waals surface area contributed by atoms with Gasteiger partial charge in [0.25, 0.3) is 0 Å². The van der Waals surface area contributed by atoms with Crippen molar-refractivity contribution in [3.63, 3.8) is 0 Å². The molecule has 0 spiro atoms. The average molecular weight is 363 g/mol. The lowest BCUT2D eigenvalue weighted by Crippen LogP contribution is -2.00. The number of imidazole rings is 1. The van der Waals surface area contributed by atoms with E-state index in [1.807, 2.05) is 55.8 Å². The van der Waals surface area contributed by atoms with Gasteiger partial charge in [0.2, 0.25) is 0 Å². The van der Waals surface area contributed by atoms with Crippen molar-refractivity contribution in [2.75, 3.05) is 0 Å². The van der Waals surface area contributed by atoms with E-state index in [-0.39, 0.29) is 0 Å². The van der Waals surface area contributed by atoms with Gasteiger partial charge in [-0.15, -0.1) is 0 Å². The molecule has 0 saturated heterocycles. The molecule has 0 fully saturated rings. The summed E-state index contributed by atoms with van der Waals surface area (Å²) in [5.41, 5.74) is 11.5. The van der Waals surface area contributed by atoms with Crippen molar-refractivity contribution in [2.45, 2.75) is 13.8 Å². The van der Waals surface area contributed by atoms with Crippen LogP contribution in [0, 0.1) is 25.7 Å². The fourth-order valence-electron chi connectivity index (χ4n) is 2.64. The van der Waals surface area contributed by atoms with Crippen molar-refractivity contribution < 1.29 is 0 Å². The van der Waals surface area contributed by atoms with Crippen LogP contribution in [0.4, 0.5) is 0 Å². The number of halogens is 1. The molecule has 0 bridgehead atoms. The van der Waals surface area contributed by atoms with Crippen LogP contribution in [0.25, 0.3) is 17.0 Å². The van der Waals surface area contributed by atoms with Crippen molar-refractivity contribution in [3.05, 3.63) is 76.5 Å². The van der Waals surface area contributed by atoms with Gasteiger partial charge in [-0.2, -0.15) is 0 Å². The summed E-state index contributed by atoms with van der Waals surface area (Å²) >= 11 is 6.17. The molecule has 26 heavy (non-hydrogen) atoms. The Hall–Kier alpha value is -3.03. The van der Waals surface area contributed by atoms with E-state index >= 15 is 0 Å². The van der Waals surface area contributed by atoms with E-state index in [9.17, 15) is 0 Å². The number of hydrogen-bond acceptors (Lipinski definition) is 3. The highest BCUT2D eigenvalue weighted by Crippen LogP contribution is 2.26. The van der Waals surface area contributed by atoms with E-state index in [1.54, 1.807) is 6.20 Å². The zero-order valence-corrected chi connectivity index (χ0v) is 15.7. The van der Waals surface area contributed by atoms with Crippen LogP contribution in [0.1, 0.15) is 28.3 Å². The fraction of sp³-hybridized carbons (Fsp3) is 0.143. The number of aromatic nitrogens is 3. The quantitative estimate of drug-likeness (QED) is 0.699. The highest BCUT2D eigenvalue weighted by Gasteiger charge is 2.16. The molecule has 0 saturated carbocycles. The molecule has 3 aromatic rings. The first kappa shape index (κ1) is 17.8. The Morgan fingerprint density at radius 3 is 2.62 bits per heavy atom. The number of benzene rings is 1. The molecule has 0 aliphatic rings. The molecule has 2 heterocycles. The summed E-state index contributed by atoms with van der Waals surface area (Å²) in [5, 5.41) is 0.694.